The lowest BCUT2D eigenvalue weighted by molar-refractivity contribution is 0.667. The molecule has 0 aliphatic rings. The van der Waals surface area contributed by atoms with Crippen LogP contribution in [0.4, 0.5) is 0 Å². The zero-order chi connectivity index (χ0) is 8.27. The molecular weight excluding hydrogens is 162 g/mol. The predicted molar refractivity (Wildman–Crippen MR) is 44.6 cm³/mol. The van der Waals surface area contributed by atoms with Gasteiger partial charge in [-0.25, -0.2) is 4.98 Å². The molecule has 0 saturated heterocycles. The zero-order valence-electron chi connectivity index (χ0n) is 6.79. The first-order valence-corrected chi connectivity index (χ1v) is 4.10. The van der Waals surface area contributed by atoms with Crippen molar-refractivity contribution in [1.82, 2.24) is 14.8 Å². The van der Waals surface area contributed by atoms with Gasteiger partial charge in [-0.1, -0.05) is 0 Å². The Kier molecular flexibility index (Phi) is 2.88. The minimum absolute atomic E-state index is 0.215. The van der Waals surface area contributed by atoms with E-state index in [0.29, 0.717) is 0 Å². The Morgan fingerprint density at radius 3 is 2.91 bits per heavy atom. The van der Waals surface area contributed by atoms with Crippen LogP contribution in [0.15, 0.2) is 6.33 Å². The number of aromatic nitrogens is 3. The van der Waals surface area contributed by atoms with Gasteiger partial charge in [-0.05, 0) is 13.3 Å². The Bertz CT molecular complexity index is 219. The van der Waals surface area contributed by atoms with E-state index in [-0.39, 0.29) is 5.38 Å². The molecule has 0 saturated carbocycles. The first-order valence-electron chi connectivity index (χ1n) is 3.67. The van der Waals surface area contributed by atoms with Crippen molar-refractivity contribution in [3.63, 3.8) is 0 Å². The van der Waals surface area contributed by atoms with Gasteiger partial charge in [0.1, 0.15) is 12.2 Å². The largest absolute Gasteiger partial charge is 0.253 e. The van der Waals surface area contributed by atoms with Crippen molar-refractivity contribution < 1.29 is 0 Å². The molecule has 4 heteroatoms. The fraction of sp³-hybridized carbons (Fsp3) is 0.714. The van der Waals surface area contributed by atoms with Crippen molar-refractivity contribution in [3.8, 4) is 0 Å². The number of hydrogen-bond donors (Lipinski definition) is 0. The normalized spacial score (nSPS) is 13.4. The second-order valence-corrected chi connectivity index (χ2v) is 3.36. The highest BCUT2D eigenvalue weighted by Gasteiger charge is 2.02. The Hall–Kier alpha value is -0.570. The van der Waals surface area contributed by atoms with Gasteiger partial charge in [-0.15, -0.1) is 11.6 Å². The molecule has 62 valence electrons. The smallest absolute Gasteiger partial charge is 0.138 e. The van der Waals surface area contributed by atoms with Crippen LogP contribution in [0.3, 0.4) is 0 Å². The summed E-state index contributed by atoms with van der Waals surface area (Å²) in [7, 11) is 1.89. The standard InChI is InChI=1S/C7H12ClN3/c1-6(8)3-4-7-9-5-10-11(7)2/h5-6H,3-4H2,1-2H3. The van der Waals surface area contributed by atoms with E-state index in [9.17, 15) is 0 Å². The molecule has 1 heterocycles. The van der Waals surface area contributed by atoms with E-state index in [1.807, 2.05) is 14.0 Å². The molecule has 11 heavy (non-hydrogen) atoms. The first kappa shape index (κ1) is 8.53. The number of nitrogens with zero attached hydrogens (tertiary/aromatic N) is 3. The van der Waals surface area contributed by atoms with E-state index in [0.717, 1.165) is 18.7 Å². The lowest BCUT2D eigenvalue weighted by Crippen LogP contribution is -2.02. The lowest BCUT2D eigenvalue weighted by Gasteiger charge is -2.00. The van der Waals surface area contributed by atoms with Crippen molar-refractivity contribution in [2.24, 2.45) is 7.05 Å². The number of aryl methyl sites for hydroxylation is 2. The highest BCUT2D eigenvalue weighted by atomic mass is 35.5. The van der Waals surface area contributed by atoms with Crippen molar-refractivity contribution in [1.29, 1.82) is 0 Å². The molecule has 1 aromatic rings. The second kappa shape index (κ2) is 3.72. The summed E-state index contributed by atoms with van der Waals surface area (Å²) < 4.78 is 1.78. The fourth-order valence-electron chi connectivity index (χ4n) is 0.874. The van der Waals surface area contributed by atoms with Gasteiger partial charge in [0.25, 0.3) is 0 Å². The van der Waals surface area contributed by atoms with E-state index in [4.69, 9.17) is 11.6 Å². The van der Waals surface area contributed by atoms with Gasteiger partial charge < -0.3 is 0 Å². The monoisotopic (exact) mass is 173 g/mol. The van der Waals surface area contributed by atoms with E-state index in [1.54, 1.807) is 11.0 Å². The van der Waals surface area contributed by atoms with Crippen LogP contribution in [0, 0.1) is 0 Å². The zero-order valence-corrected chi connectivity index (χ0v) is 7.54. The van der Waals surface area contributed by atoms with Gasteiger partial charge in [-0.2, -0.15) is 5.10 Å². The average molecular weight is 174 g/mol. The predicted octanol–water partition coefficient (Wildman–Crippen LogP) is 1.38. The van der Waals surface area contributed by atoms with Crippen LogP contribution >= 0.6 is 11.6 Å². The van der Waals surface area contributed by atoms with Gasteiger partial charge in [0.15, 0.2) is 0 Å². The summed E-state index contributed by atoms with van der Waals surface area (Å²) in [5.74, 6) is 0.998. The van der Waals surface area contributed by atoms with E-state index in [2.05, 4.69) is 10.1 Å². The van der Waals surface area contributed by atoms with Crippen LogP contribution in [0.25, 0.3) is 0 Å². The van der Waals surface area contributed by atoms with Crippen LogP contribution in [-0.4, -0.2) is 20.1 Å². The molecule has 0 fully saturated rings. The van der Waals surface area contributed by atoms with Gasteiger partial charge in [0.2, 0.25) is 0 Å². The summed E-state index contributed by atoms with van der Waals surface area (Å²) in [6.45, 7) is 1.98. The Morgan fingerprint density at radius 2 is 2.45 bits per heavy atom. The third-order valence-electron chi connectivity index (χ3n) is 1.57. The second-order valence-electron chi connectivity index (χ2n) is 2.62. The van der Waals surface area contributed by atoms with E-state index in [1.165, 1.54) is 0 Å². The SMILES string of the molecule is CC(Cl)CCc1ncnn1C. The molecule has 0 N–H and O–H groups in total. The minimum Gasteiger partial charge on any atom is -0.253 e. The molecular formula is C7H12ClN3. The Balaban J connectivity index is 2.44. The summed E-state index contributed by atoms with van der Waals surface area (Å²) in [5.41, 5.74) is 0. The van der Waals surface area contributed by atoms with Crippen LogP contribution in [0.2, 0.25) is 0 Å². The van der Waals surface area contributed by atoms with E-state index >= 15 is 0 Å². The summed E-state index contributed by atoms with van der Waals surface area (Å²) in [4.78, 5) is 4.08. The van der Waals surface area contributed by atoms with Crippen molar-refractivity contribution in [2.45, 2.75) is 25.1 Å². The molecule has 1 unspecified atom stereocenters. The summed E-state index contributed by atoms with van der Waals surface area (Å²) >= 11 is 5.79. The summed E-state index contributed by atoms with van der Waals surface area (Å²) in [6, 6.07) is 0. The molecule has 0 amide bonds. The van der Waals surface area contributed by atoms with Crippen molar-refractivity contribution in [2.75, 3.05) is 0 Å². The highest BCUT2D eigenvalue weighted by molar-refractivity contribution is 6.20. The molecule has 0 radical (unpaired) electrons. The molecule has 0 aromatic carbocycles. The molecule has 0 spiro atoms. The van der Waals surface area contributed by atoms with Crippen LogP contribution in [-0.2, 0) is 13.5 Å². The number of hydrogen-bond acceptors (Lipinski definition) is 2. The summed E-state index contributed by atoms with van der Waals surface area (Å²) in [5, 5.41) is 4.17. The van der Waals surface area contributed by atoms with Gasteiger partial charge in [-0.3, -0.25) is 4.68 Å². The van der Waals surface area contributed by atoms with Crippen LogP contribution < -0.4 is 0 Å². The molecule has 0 aliphatic heterocycles. The van der Waals surface area contributed by atoms with Crippen LogP contribution in [0.1, 0.15) is 19.2 Å². The maximum atomic E-state index is 5.79. The molecule has 0 aliphatic carbocycles. The van der Waals surface area contributed by atoms with Gasteiger partial charge >= 0.3 is 0 Å². The lowest BCUT2D eigenvalue weighted by atomic mass is 10.2. The maximum absolute atomic E-state index is 5.79. The number of halogens is 1. The molecule has 0 bridgehead atoms. The van der Waals surface area contributed by atoms with E-state index < -0.39 is 0 Å². The number of rotatable bonds is 3. The van der Waals surface area contributed by atoms with Crippen molar-refractivity contribution >= 4 is 11.6 Å². The quantitative estimate of drug-likeness (QED) is 0.647. The highest BCUT2D eigenvalue weighted by Crippen LogP contribution is 2.04. The number of alkyl halides is 1. The fourth-order valence-corrected chi connectivity index (χ4v) is 0.984. The Morgan fingerprint density at radius 1 is 1.73 bits per heavy atom. The topological polar surface area (TPSA) is 30.7 Å². The minimum atomic E-state index is 0.215. The third-order valence-corrected chi connectivity index (χ3v) is 1.79. The van der Waals surface area contributed by atoms with Crippen LogP contribution in [0.5, 0.6) is 0 Å². The summed E-state index contributed by atoms with van der Waals surface area (Å²) in [6.07, 6.45) is 3.42. The van der Waals surface area contributed by atoms with Gasteiger partial charge in [0.05, 0.1) is 0 Å². The molecule has 1 atom stereocenters. The molecule has 1 rings (SSSR count). The third kappa shape index (κ3) is 2.50. The Labute approximate surface area is 71.4 Å². The first-order chi connectivity index (χ1) is 5.20. The average Bonchev–Trinajstić information content (AvgIpc) is 2.31. The molecule has 3 nitrogen and oxygen atoms in total. The van der Waals surface area contributed by atoms with Crippen molar-refractivity contribution in [3.05, 3.63) is 12.2 Å². The molecule has 1 aromatic heterocycles. The maximum Gasteiger partial charge on any atom is 0.138 e. The van der Waals surface area contributed by atoms with Gasteiger partial charge in [0, 0.05) is 18.8 Å².